The molecule has 0 saturated carbocycles. The molecule has 2 aliphatic rings. The lowest BCUT2D eigenvalue weighted by Crippen LogP contribution is -2.32. The summed E-state index contributed by atoms with van der Waals surface area (Å²) in [6, 6.07) is 19.9. The van der Waals surface area contributed by atoms with Crippen LogP contribution in [-0.4, -0.2) is 54.7 Å². The fraction of sp³-hybridized carbons (Fsp3) is 0.273. The molecule has 2 aliphatic heterocycles. The third-order valence-electron chi connectivity index (χ3n) is 7.39. The minimum atomic E-state index is -0.413. The number of nitrogens with one attached hydrogen (secondary N) is 2. The Labute approximate surface area is 281 Å². The van der Waals surface area contributed by atoms with E-state index in [1.165, 1.54) is 11.0 Å². The molecular weight excluding hydrogens is 644 g/mol. The van der Waals surface area contributed by atoms with Gasteiger partial charge in [0.2, 0.25) is 0 Å². The Morgan fingerprint density at radius 3 is 2.72 bits per heavy atom. The molecule has 4 N–H and O–H groups in total. The number of fused-ring (bicyclic) bond motifs is 3. The van der Waals surface area contributed by atoms with Crippen molar-refractivity contribution in [2.24, 2.45) is 0 Å². The molecule has 0 saturated heterocycles. The Bertz CT molecular complexity index is 1780. The van der Waals surface area contributed by atoms with Gasteiger partial charge in [0.25, 0.3) is 0 Å². The van der Waals surface area contributed by atoms with Crippen LogP contribution in [0.1, 0.15) is 32.0 Å². The van der Waals surface area contributed by atoms with Crippen molar-refractivity contribution in [2.75, 3.05) is 28.5 Å². The number of urea groups is 1. The molecule has 0 bridgehead atoms. The number of aliphatic hydroxyl groups excluding tert-OH is 1. The summed E-state index contributed by atoms with van der Waals surface area (Å²) in [7, 11) is 0. The van der Waals surface area contributed by atoms with E-state index in [1.807, 2.05) is 63.2 Å². The van der Waals surface area contributed by atoms with E-state index in [9.17, 15) is 9.90 Å². The minimum absolute atomic E-state index is 0.0336. The monoisotopic (exact) mass is 678 g/mol. The highest BCUT2D eigenvalue weighted by Crippen LogP contribution is 2.49. The number of ether oxygens (including phenoxy) is 1. The molecule has 0 spiro atoms. The van der Waals surface area contributed by atoms with Crippen LogP contribution in [0, 0.1) is 0 Å². The van der Waals surface area contributed by atoms with Crippen molar-refractivity contribution in [1.29, 1.82) is 0 Å². The molecule has 0 aliphatic carbocycles. The molecule has 46 heavy (non-hydrogen) atoms. The Morgan fingerprint density at radius 1 is 1.11 bits per heavy atom. The molecule has 0 fully saturated rings. The fourth-order valence-electron chi connectivity index (χ4n) is 4.98. The maximum Gasteiger partial charge on any atom is 0.320 e. The number of benzene rings is 3. The average molecular weight is 679 g/mol. The van der Waals surface area contributed by atoms with Crippen LogP contribution in [0.5, 0.6) is 17.2 Å². The molecule has 3 aromatic carbocycles. The van der Waals surface area contributed by atoms with Crippen LogP contribution >= 0.6 is 35.1 Å². The van der Waals surface area contributed by atoms with E-state index in [2.05, 4.69) is 38.9 Å². The lowest BCUT2D eigenvalue weighted by molar-refractivity contribution is 0.251. The zero-order valence-electron chi connectivity index (χ0n) is 25.6. The molecule has 240 valence electrons. The van der Waals surface area contributed by atoms with Crippen LogP contribution in [0.25, 0.3) is 5.69 Å². The van der Waals surface area contributed by atoms with Crippen LogP contribution in [0.15, 0.2) is 84.0 Å². The van der Waals surface area contributed by atoms with Crippen LogP contribution in [0.3, 0.4) is 0 Å². The van der Waals surface area contributed by atoms with E-state index < -0.39 is 6.03 Å². The van der Waals surface area contributed by atoms with Crippen LogP contribution in [0.2, 0.25) is 5.02 Å². The van der Waals surface area contributed by atoms with Crippen molar-refractivity contribution in [3.8, 4) is 22.9 Å². The number of aliphatic hydroxyl groups is 1. The minimum Gasteiger partial charge on any atom is -0.506 e. The fourth-order valence-corrected chi connectivity index (χ4v) is 7.18. The lowest BCUT2D eigenvalue weighted by atomic mass is 9.92. The van der Waals surface area contributed by atoms with Crippen LogP contribution < -0.4 is 20.3 Å². The summed E-state index contributed by atoms with van der Waals surface area (Å²) in [4.78, 5) is 18.8. The molecular formula is C33H35ClN6O4S2. The number of hydrogen-bond acceptors (Lipinski definition) is 9. The molecule has 1 aromatic heterocycles. The molecule has 4 aromatic rings. The number of hydrogen-bond donors (Lipinski definition) is 4. The maximum absolute atomic E-state index is 13.2. The molecule has 3 heterocycles. The number of aromatic nitrogens is 2. The molecule has 6 rings (SSSR count). The number of phenolic OH excluding ortho intramolecular Hbond substituents is 1. The van der Waals surface area contributed by atoms with Gasteiger partial charge in [-0.1, -0.05) is 62.3 Å². The number of phenols is 1. The van der Waals surface area contributed by atoms with Gasteiger partial charge in [0, 0.05) is 52.7 Å². The van der Waals surface area contributed by atoms with E-state index in [1.54, 1.807) is 40.3 Å². The molecule has 0 radical (unpaired) electrons. The van der Waals surface area contributed by atoms with Gasteiger partial charge in [-0.25, -0.2) is 9.48 Å². The highest BCUT2D eigenvalue weighted by molar-refractivity contribution is 8.01. The van der Waals surface area contributed by atoms with E-state index in [4.69, 9.17) is 26.5 Å². The van der Waals surface area contributed by atoms with Gasteiger partial charge < -0.3 is 30.1 Å². The molecule has 1 unspecified atom stereocenters. The highest BCUT2D eigenvalue weighted by Gasteiger charge is 2.36. The Kier molecular flexibility index (Phi) is 9.32. The van der Waals surface area contributed by atoms with E-state index >= 15 is 0 Å². The predicted octanol–water partition coefficient (Wildman–Crippen LogP) is 7.31. The van der Waals surface area contributed by atoms with Gasteiger partial charge >= 0.3 is 6.03 Å². The number of anilines is 2. The number of halogens is 1. The number of nitrogens with zero attached hydrogens (tertiary/aromatic N) is 4. The summed E-state index contributed by atoms with van der Waals surface area (Å²) in [6.07, 6.45) is 4.16. The number of para-hydroxylation sites is 1. The summed E-state index contributed by atoms with van der Waals surface area (Å²) in [5, 5.41) is 29.8. The topological polar surface area (TPSA) is 115 Å². The summed E-state index contributed by atoms with van der Waals surface area (Å²) in [5.41, 5.74) is 3.15. The lowest BCUT2D eigenvalue weighted by Gasteiger charge is -2.25. The van der Waals surface area contributed by atoms with Gasteiger partial charge in [-0.2, -0.15) is 5.10 Å². The van der Waals surface area contributed by atoms with Crippen molar-refractivity contribution >= 4 is 52.7 Å². The quantitative estimate of drug-likeness (QED) is 0.128. The zero-order valence-corrected chi connectivity index (χ0v) is 28.0. The van der Waals surface area contributed by atoms with E-state index in [0.717, 1.165) is 22.8 Å². The molecule has 2 amide bonds. The van der Waals surface area contributed by atoms with Gasteiger partial charge in [0.15, 0.2) is 5.50 Å². The van der Waals surface area contributed by atoms with Gasteiger partial charge in [-0.3, -0.25) is 5.32 Å². The second-order valence-electron chi connectivity index (χ2n) is 11.8. The van der Waals surface area contributed by atoms with Gasteiger partial charge in [0.05, 0.1) is 34.6 Å². The number of carbonyl (C=O) groups is 1. The highest BCUT2D eigenvalue weighted by atomic mass is 35.5. The molecule has 1 atom stereocenters. The third kappa shape index (κ3) is 6.90. The van der Waals surface area contributed by atoms with Crippen molar-refractivity contribution < 1.29 is 19.7 Å². The maximum atomic E-state index is 13.2. The number of carbonyl (C=O) groups excluding carboxylic acids is 1. The first-order valence-electron chi connectivity index (χ1n) is 14.7. The van der Waals surface area contributed by atoms with Gasteiger partial charge in [-0.15, -0.1) is 11.8 Å². The number of thioether (sulfide) groups is 2. The van der Waals surface area contributed by atoms with Gasteiger partial charge in [0.1, 0.15) is 23.1 Å². The number of amides is 2. The zero-order chi connectivity index (χ0) is 32.4. The second-order valence-corrected chi connectivity index (χ2v) is 14.4. The summed E-state index contributed by atoms with van der Waals surface area (Å²) in [5.74, 6) is 3.29. The first kappa shape index (κ1) is 32.0. The van der Waals surface area contributed by atoms with Crippen molar-refractivity contribution in [3.05, 3.63) is 95.4 Å². The first-order valence-corrected chi connectivity index (χ1v) is 17.1. The summed E-state index contributed by atoms with van der Waals surface area (Å²) < 4.78 is 7.95. The summed E-state index contributed by atoms with van der Waals surface area (Å²) in [6.45, 7) is 6.52. The third-order valence-corrected chi connectivity index (χ3v) is 9.95. The smallest absolute Gasteiger partial charge is 0.320 e. The van der Waals surface area contributed by atoms with Crippen LogP contribution in [0.4, 0.5) is 16.3 Å². The standard InChI is InChI=1S/C33H35ClN6O4S2/c1-33(2,3)29-18-30(40(37-29)22-8-10-26(42)24(34)16-22)36-31(43)35-19-21-6-4-5-7-27(21)44-23-9-11-28-25(17-23)39-13-12-38(32(39)46-28)20-45-15-14-41/h4-13,16-18,32,41-42H,14-15,19-20H2,1-3H3,(H2,35,36,43). The van der Waals surface area contributed by atoms with E-state index in [-0.39, 0.29) is 34.8 Å². The van der Waals surface area contributed by atoms with Crippen molar-refractivity contribution in [3.63, 3.8) is 0 Å². The Hall–Kier alpha value is -3.97. The Balaban J connectivity index is 1.13. The normalized spacial score (nSPS) is 15.2. The number of rotatable bonds is 10. The summed E-state index contributed by atoms with van der Waals surface area (Å²) >= 11 is 9.66. The van der Waals surface area contributed by atoms with Gasteiger partial charge in [-0.05, 0) is 36.4 Å². The van der Waals surface area contributed by atoms with Crippen molar-refractivity contribution in [1.82, 2.24) is 20.0 Å². The second kappa shape index (κ2) is 13.4. The molecule has 10 nitrogen and oxygen atoms in total. The van der Waals surface area contributed by atoms with Crippen molar-refractivity contribution in [2.45, 2.75) is 43.1 Å². The number of aromatic hydroxyl groups is 1. The molecule has 13 heteroatoms. The SMILES string of the molecule is CC(C)(C)c1cc(NC(=O)NCc2ccccc2Oc2ccc3c(c2)N2C=CN(CSCCO)C2S3)n(-c2ccc(O)c(Cl)c2)n1. The average Bonchev–Trinajstić information content (AvgIpc) is 3.73. The first-order chi connectivity index (χ1) is 22.1. The predicted molar refractivity (Wildman–Crippen MR) is 185 cm³/mol. The Morgan fingerprint density at radius 2 is 1.93 bits per heavy atom. The van der Waals surface area contributed by atoms with E-state index in [0.29, 0.717) is 28.8 Å². The largest absolute Gasteiger partial charge is 0.506 e. The van der Waals surface area contributed by atoms with Crippen LogP contribution in [-0.2, 0) is 12.0 Å².